The number of carbonyl (C=O) groups is 3. The predicted octanol–water partition coefficient (Wildman–Crippen LogP) is 3.93. The number of allylic oxidation sites excluding steroid dienone is 1. The molecule has 5 rings (SSSR count). The van der Waals surface area contributed by atoms with Gasteiger partial charge in [-0.25, -0.2) is 4.79 Å². The molecule has 6 nitrogen and oxygen atoms in total. The Kier molecular flexibility index (Phi) is 5.58. The Bertz CT molecular complexity index is 1020. The Labute approximate surface area is 208 Å². The highest BCUT2D eigenvalue weighted by Crippen LogP contribution is 2.70. The third-order valence-electron chi connectivity index (χ3n) is 11.8. The number of fused-ring (bicyclic) bond motifs is 5. The van der Waals surface area contributed by atoms with Gasteiger partial charge in [-0.2, -0.15) is 0 Å². The molecule has 3 fully saturated rings. The van der Waals surface area contributed by atoms with Crippen LogP contribution in [0.4, 0.5) is 0 Å². The lowest BCUT2D eigenvalue weighted by molar-refractivity contribution is -0.195. The standard InChI is InChI=1S/C29H40O6/c1-16-14-24(35-25(33)17(16)2)28(5,34)21-7-6-19-18-10-13-29(15-30)23(32)9-8-22(31)27(29,4)20(18)11-12-26(19,21)3/h8-9,15,18-21,23-24,32,34H,6-7,10-14H2,1-5H3/t18-,19-,20-,21-,23-,24+,26-,27-,28+,29-/m0/s1. The summed E-state index contributed by atoms with van der Waals surface area (Å²) in [5.41, 5.74) is -1.66. The molecule has 10 atom stereocenters. The minimum atomic E-state index is -1.15. The van der Waals surface area contributed by atoms with Crippen LogP contribution >= 0.6 is 0 Å². The number of carbonyl (C=O) groups excluding carboxylic acids is 3. The van der Waals surface area contributed by atoms with E-state index in [9.17, 15) is 24.6 Å². The number of hydrogen-bond donors (Lipinski definition) is 2. The fourth-order valence-corrected chi connectivity index (χ4v) is 9.43. The number of esters is 1. The summed E-state index contributed by atoms with van der Waals surface area (Å²) in [5.74, 6) is 0.191. The van der Waals surface area contributed by atoms with Crippen LogP contribution in [0, 0.1) is 39.9 Å². The summed E-state index contributed by atoms with van der Waals surface area (Å²) in [4.78, 5) is 38.2. The van der Waals surface area contributed by atoms with Crippen LogP contribution in [-0.4, -0.2) is 46.1 Å². The Morgan fingerprint density at radius 1 is 1.09 bits per heavy atom. The average Bonchev–Trinajstić information content (AvgIpc) is 3.18. The lowest BCUT2D eigenvalue weighted by Gasteiger charge is -2.63. The molecule has 0 aromatic heterocycles. The number of rotatable bonds is 3. The van der Waals surface area contributed by atoms with Crippen molar-refractivity contribution in [3.8, 4) is 0 Å². The lowest BCUT2D eigenvalue weighted by atomic mass is 9.40. The minimum absolute atomic E-state index is 0.0238. The molecule has 0 saturated heterocycles. The van der Waals surface area contributed by atoms with E-state index < -0.39 is 28.6 Å². The number of aldehydes is 1. The maximum absolute atomic E-state index is 13.4. The van der Waals surface area contributed by atoms with Crippen molar-refractivity contribution >= 4 is 18.0 Å². The second-order valence-corrected chi connectivity index (χ2v) is 12.8. The number of cyclic esters (lactones) is 1. The van der Waals surface area contributed by atoms with Gasteiger partial charge in [-0.15, -0.1) is 0 Å². The third kappa shape index (κ3) is 3.05. The second-order valence-electron chi connectivity index (χ2n) is 12.8. The van der Waals surface area contributed by atoms with Crippen LogP contribution in [0.25, 0.3) is 0 Å². The van der Waals surface area contributed by atoms with Gasteiger partial charge in [-0.3, -0.25) is 4.79 Å². The summed E-state index contributed by atoms with van der Waals surface area (Å²) < 4.78 is 5.75. The molecule has 0 aromatic carbocycles. The van der Waals surface area contributed by atoms with Gasteiger partial charge in [0.1, 0.15) is 18.0 Å². The first-order valence-electron chi connectivity index (χ1n) is 13.3. The van der Waals surface area contributed by atoms with Gasteiger partial charge in [-0.05, 0) is 94.5 Å². The molecule has 0 amide bonds. The largest absolute Gasteiger partial charge is 0.456 e. The van der Waals surface area contributed by atoms with E-state index in [-0.39, 0.29) is 34.9 Å². The van der Waals surface area contributed by atoms with Crippen molar-refractivity contribution in [2.75, 3.05) is 0 Å². The molecule has 1 aliphatic heterocycles. The number of ether oxygens (including phenoxy) is 1. The molecule has 0 bridgehead atoms. The van der Waals surface area contributed by atoms with Crippen LogP contribution in [0.2, 0.25) is 0 Å². The predicted molar refractivity (Wildman–Crippen MR) is 130 cm³/mol. The molecule has 0 spiro atoms. The fraction of sp³-hybridized carbons (Fsp3) is 0.759. The Morgan fingerprint density at radius 2 is 1.80 bits per heavy atom. The molecule has 0 aromatic rings. The Balaban J connectivity index is 1.46. The molecule has 1 heterocycles. The SMILES string of the molecule is CC1=C(C)C(=O)O[C@@H]([C@](C)(O)[C@H]2CC[C@H]3[C@@H]4CC[C@]5(C=O)[C@@H](O)C=CC(=O)[C@]5(C)[C@H]4CC[C@]23C)C1. The van der Waals surface area contributed by atoms with Gasteiger partial charge >= 0.3 is 5.97 Å². The summed E-state index contributed by atoms with van der Waals surface area (Å²) in [6.45, 7) is 9.75. The van der Waals surface area contributed by atoms with Crippen molar-refractivity contribution in [1.82, 2.24) is 0 Å². The first kappa shape index (κ1) is 24.9. The zero-order valence-corrected chi connectivity index (χ0v) is 21.7. The van der Waals surface area contributed by atoms with E-state index in [1.807, 2.05) is 20.8 Å². The molecule has 5 aliphatic rings. The molecular weight excluding hydrogens is 444 g/mol. The van der Waals surface area contributed by atoms with Crippen molar-refractivity contribution in [3.63, 3.8) is 0 Å². The van der Waals surface area contributed by atoms with Crippen LogP contribution < -0.4 is 0 Å². The topological polar surface area (TPSA) is 101 Å². The third-order valence-corrected chi connectivity index (χ3v) is 11.8. The molecule has 2 N–H and O–H groups in total. The van der Waals surface area contributed by atoms with Gasteiger partial charge in [0.05, 0.1) is 11.5 Å². The Hall–Kier alpha value is -1.79. The average molecular weight is 485 g/mol. The number of aliphatic hydroxyl groups is 2. The number of ketones is 1. The highest BCUT2D eigenvalue weighted by molar-refractivity contribution is 5.99. The number of hydrogen-bond acceptors (Lipinski definition) is 6. The molecule has 4 aliphatic carbocycles. The van der Waals surface area contributed by atoms with Crippen LogP contribution in [0.5, 0.6) is 0 Å². The van der Waals surface area contributed by atoms with Crippen LogP contribution in [0.3, 0.4) is 0 Å². The highest BCUT2D eigenvalue weighted by atomic mass is 16.6. The summed E-state index contributed by atoms with van der Waals surface area (Å²) in [7, 11) is 0. The van der Waals surface area contributed by atoms with Crippen LogP contribution in [-0.2, 0) is 19.1 Å². The maximum Gasteiger partial charge on any atom is 0.334 e. The maximum atomic E-state index is 13.4. The number of aliphatic hydroxyl groups excluding tert-OH is 1. The lowest BCUT2D eigenvalue weighted by Crippen LogP contribution is -2.65. The van der Waals surface area contributed by atoms with E-state index >= 15 is 0 Å². The molecule has 0 radical (unpaired) electrons. The van der Waals surface area contributed by atoms with E-state index in [0.717, 1.165) is 44.0 Å². The summed E-state index contributed by atoms with van der Waals surface area (Å²) >= 11 is 0. The van der Waals surface area contributed by atoms with E-state index in [1.54, 1.807) is 6.92 Å². The smallest absolute Gasteiger partial charge is 0.334 e. The van der Waals surface area contributed by atoms with Crippen molar-refractivity contribution in [2.24, 2.45) is 39.9 Å². The van der Waals surface area contributed by atoms with Crippen LogP contribution in [0.1, 0.15) is 79.6 Å². The molecule has 0 unspecified atom stereocenters. The fourth-order valence-electron chi connectivity index (χ4n) is 9.43. The van der Waals surface area contributed by atoms with Gasteiger partial charge < -0.3 is 19.7 Å². The summed E-state index contributed by atoms with van der Waals surface area (Å²) in [5, 5.41) is 22.8. The van der Waals surface area contributed by atoms with Crippen molar-refractivity contribution in [3.05, 3.63) is 23.3 Å². The first-order valence-corrected chi connectivity index (χ1v) is 13.3. The van der Waals surface area contributed by atoms with Gasteiger partial charge in [0.25, 0.3) is 0 Å². The zero-order chi connectivity index (χ0) is 25.6. The molecular formula is C29H40O6. The van der Waals surface area contributed by atoms with E-state index in [0.29, 0.717) is 24.3 Å². The molecule has 35 heavy (non-hydrogen) atoms. The molecule has 6 heteroatoms. The van der Waals surface area contributed by atoms with Crippen molar-refractivity contribution < 1.29 is 29.3 Å². The molecule has 3 saturated carbocycles. The monoisotopic (exact) mass is 484 g/mol. The van der Waals surface area contributed by atoms with Gasteiger partial charge in [0, 0.05) is 17.4 Å². The van der Waals surface area contributed by atoms with Crippen LogP contribution in [0.15, 0.2) is 23.3 Å². The van der Waals surface area contributed by atoms with E-state index in [2.05, 4.69) is 6.92 Å². The van der Waals surface area contributed by atoms with E-state index in [4.69, 9.17) is 4.74 Å². The van der Waals surface area contributed by atoms with Crippen molar-refractivity contribution in [2.45, 2.75) is 97.4 Å². The van der Waals surface area contributed by atoms with Gasteiger partial charge in [0.15, 0.2) is 5.78 Å². The quantitative estimate of drug-likeness (QED) is 0.465. The summed E-state index contributed by atoms with van der Waals surface area (Å²) in [6, 6.07) is 0. The summed E-state index contributed by atoms with van der Waals surface area (Å²) in [6.07, 6.45) is 7.61. The van der Waals surface area contributed by atoms with E-state index in [1.165, 1.54) is 12.2 Å². The first-order chi connectivity index (χ1) is 16.3. The Morgan fingerprint density at radius 3 is 2.46 bits per heavy atom. The minimum Gasteiger partial charge on any atom is -0.456 e. The van der Waals surface area contributed by atoms with Crippen molar-refractivity contribution in [1.29, 1.82) is 0 Å². The molecule has 192 valence electrons. The van der Waals surface area contributed by atoms with Gasteiger partial charge in [-0.1, -0.05) is 25.5 Å². The zero-order valence-electron chi connectivity index (χ0n) is 21.7. The normalized spacial score (nSPS) is 49.0. The second kappa shape index (κ2) is 7.85. The highest BCUT2D eigenvalue weighted by Gasteiger charge is 2.69. The van der Waals surface area contributed by atoms with Gasteiger partial charge in [0.2, 0.25) is 0 Å².